The molecule has 7 aromatic carbocycles. The predicted octanol–water partition coefficient (Wildman–Crippen LogP) is 12.2. The second kappa shape index (κ2) is 26.0. The quantitative estimate of drug-likeness (QED) is 0.0144. The Hall–Kier alpha value is -8.61. The fourth-order valence-electron chi connectivity index (χ4n) is 10.0. The Labute approximate surface area is 459 Å². The van der Waals surface area contributed by atoms with E-state index >= 15 is 0 Å². The highest BCUT2D eigenvalue weighted by molar-refractivity contribution is 6.02. The number of aliphatic imine (C=N–C) groups is 1. The number of unbranched alkanes of at least 4 members (excludes halogenated alkanes) is 6. The number of aryl methyl sites for hydroxylation is 3. The predicted molar refractivity (Wildman–Crippen MR) is 321 cm³/mol. The molecule has 8 aromatic rings. The average Bonchev–Trinajstić information content (AvgIpc) is 3.65. The number of benzene rings is 7. The van der Waals surface area contributed by atoms with Crippen LogP contribution < -0.4 is 42.6 Å². The van der Waals surface area contributed by atoms with Crippen molar-refractivity contribution < 1.29 is 19.5 Å². The summed E-state index contributed by atoms with van der Waals surface area (Å²) in [7, 11) is 0. The van der Waals surface area contributed by atoms with Gasteiger partial charge in [-0.1, -0.05) is 105 Å². The van der Waals surface area contributed by atoms with Crippen molar-refractivity contribution in [3.8, 4) is 16.8 Å². The molecule has 78 heavy (non-hydrogen) atoms. The number of quaternary nitrogens is 1. The number of para-hydroxylation sites is 2. The van der Waals surface area contributed by atoms with E-state index in [0.717, 1.165) is 166 Å². The first-order valence-corrected chi connectivity index (χ1v) is 27.6. The number of nitrogens with zero attached hydrogens (tertiary/aromatic N) is 3. The van der Waals surface area contributed by atoms with Crippen molar-refractivity contribution in [2.75, 3.05) is 43.0 Å². The van der Waals surface area contributed by atoms with Crippen molar-refractivity contribution in [1.29, 1.82) is 0 Å². The van der Waals surface area contributed by atoms with Crippen molar-refractivity contribution in [1.82, 2.24) is 20.9 Å². The Kier molecular flexibility index (Phi) is 18.0. The molecule has 0 saturated heterocycles. The number of amides is 2. The standard InChI is InChI=1S/C66H72N10O2/c1-44-23-34-56(73-52-19-11-9-12-20-52)63(61(44)67)74-53-33-35-55(46(3)41-53)69-37-15-5-7-17-39-71-65(77)50-29-25-48(26-30-50)49-27-31-51(32-28-49)66(78)72-40-18-8-6-16-38-70-57-43-60-58(42-47(57)4)75-64-59(36-24-45(2)62(64)68)76(60)54-21-13-10-14-22-54/h9-14,19-32,34-36,41-43,69,73H,5-8,15-18,33,37-40,67H2,1-4H3,(H4,68,70,71,72,77,78)/p+2. The first kappa shape index (κ1) is 54.2. The third-order valence-electron chi connectivity index (χ3n) is 14.7. The number of carbonyl (C=O) groups is 2. The Morgan fingerprint density at radius 3 is 1.77 bits per heavy atom. The Bertz CT molecular complexity index is 3500. The van der Waals surface area contributed by atoms with Crippen LogP contribution >= 0.6 is 0 Å². The van der Waals surface area contributed by atoms with Gasteiger partial charge in [0.2, 0.25) is 16.7 Å². The minimum absolute atomic E-state index is 0.0704. The summed E-state index contributed by atoms with van der Waals surface area (Å²) in [6.07, 6.45) is 13.2. The van der Waals surface area contributed by atoms with Crippen LogP contribution in [0, 0.1) is 20.8 Å². The lowest BCUT2D eigenvalue weighted by Gasteiger charge is -2.17. The zero-order valence-electron chi connectivity index (χ0n) is 45.6. The molecule has 1 aromatic heterocycles. The normalized spacial score (nSPS) is 12.8. The zero-order chi connectivity index (χ0) is 54.4. The number of nitrogens with two attached hydrogens (primary N) is 3. The van der Waals surface area contributed by atoms with Gasteiger partial charge in [0.15, 0.2) is 11.2 Å². The zero-order valence-corrected chi connectivity index (χ0v) is 45.6. The molecule has 0 unspecified atom stereocenters. The van der Waals surface area contributed by atoms with E-state index in [1.54, 1.807) is 0 Å². The summed E-state index contributed by atoms with van der Waals surface area (Å²) in [5, 5.41) is 15.6. The van der Waals surface area contributed by atoms with E-state index in [4.69, 9.17) is 21.4 Å². The second-order valence-electron chi connectivity index (χ2n) is 20.5. The molecule has 0 bridgehead atoms. The van der Waals surface area contributed by atoms with E-state index < -0.39 is 0 Å². The number of hydrogen-bond acceptors (Lipinski definition) is 8. The molecule has 0 spiro atoms. The van der Waals surface area contributed by atoms with E-state index in [0.29, 0.717) is 35.6 Å². The molecule has 9 rings (SSSR count). The van der Waals surface area contributed by atoms with E-state index in [1.165, 1.54) is 0 Å². The maximum Gasteiger partial charge on any atom is 0.251 e. The summed E-state index contributed by atoms with van der Waals surface area (Å²) >= 11 is 0. The molecule has 0 radical (unpaired) electrons. The summed E-state index contributed by atoms with van der Waals surface area (Å²) in [6, 6.07) is 48.5. The molecule has 1 heterocycles. The number of carbonyl (C=O) groups excluding carboxylic acids is 2. The van der Waals surface area contributed by atoms with Crippen LogP contribution in [0.2, 0.25) is 0 Å². The van der Waals surface area contributed by atoms with Crippen LogP contribution in [0.15, 0.2) is 174 Å². The van der Waals surface area contributed by atoms with E-state index in [9.17, 15) is 9.59 Å². The van der Waals surface area contributed by atoms with E-state index in [2.05, 4.69) is 130 Å². The number of fused-ring (bicyclic) bond motifs is 2. The van der Waals surface area contributed by atoms with Gasteiger partial charge in [-0.25, -0.2) is 9.98 Å². The van der Waals surface area contributed by atoms with Crippen molar-refractivity contribution >= 4 is 73.7 Å². The van der Waals surface area contributed by atoms with Crippen LogP contribution in [-0.2, 0) is 0 Å². The summed E-state index contributed by atoms with van der Waals surface area (Å²) in [6.45, 7) is 11.3. The van der Waals surface area contributed by atoms with Gasteiger partial charge in [0.25, 0.3) is 11.8 Å². The van der Waals surface area contributed by atoms with Crippen molar-refractivity contribution in [2.24, 2.45) is 4.99 Å². The third kappa shape index (κ3) is 13.5. The van der Waals surface area contributed by atoms with Gasteiger partial charge >= 0.3 is 0 Å². The molecule has 10 N–H and O–H groups in total. The van der Waals surface area contributed by atoms with Gasteiger partial charge in [-0.2, -0.15) is 0 Å². The number of aromatic nitrogens is 2. The van der Waals surface area contributed by atoms with Gasteiger partial charge in [0.1, 0.15) is 16.9 Å². The first-order chi connectivity index (χ1) is 38.0. The van der Waals surface area contributed by atoms with Crippen molar-refractivity contribution in [3.63, 3.8) is 0 Å². The van der Waals surface area contributed by atoms with Gasteiger partial charge in [-0.05, 0) is 135 Å². The monoisotopic (exact) mass is 1040 g/mol. The minimum Gasteiger partial charge on any atom is -0.397 e. The highest BCUT2D eigenvalue weighted by atomic mass is 16.2. The van der Waals surface area contributed by atoms with Gasteiger partial charge < -0.3 is 32.7 Å². The number of nitrogens with one attached hydrogen (secondary N) is 4. The first-order valence-electron chi connectivity index (χ1n) is 27.6. The van der Waals surface area contributed by atoms with Crippen LogP contribution in [0.4, 0.5) is 34.1 Å². The summed E-state index contributed by atoms with van der Waals surface area (Å²) in [5.74, 6) is -0.144. The molecular weight excluding hydrogens is 965 g/mol. The van der Waals surface area contributed by atoms with Crippen molar-refractivity contribution in [3.05, 3.63) is 197 Å². The third-order valence-corrected chi connectivity index (χ3v) is 14.7. The minimum atomic E-state index is -0.0740. The number of rotatable bonds is 23. The molecule has 12 nitrogen and oxygen atoms in total. The summed E-state index contributed by atoms with van der Waals surface area (Å²) < 4.78 is 2.25. The fourth-order valence-corrected chi connectivity index (χ4v) is 10.0. The average molecular weight is 1040 g/mol. The smallest absolute Gasteiger partial charge is 0.251 e. The highest BCUT2D eigenvalue weighted by Gasteiger charge is 2.23. The van der Waals surface area contributed by atoms with E-state index in [-0.39, 0.29) is 11.8 Å². The maximum atomic E-state index is 13.0. The van der Waals surface area contributed by atoms with Gasteiger partial charge in [-0.3, -0.25) is 14.9 Å². The molecular formula is C66H74N10O2+2. The highest BCUT2D eigenvalue weighted by Crippen LogP contribution is 2.34. The molecule has 0 fully saturated rings. The molecule has 0 saturated carbocycles. The molecule has 0 atom stereocenters. The largest absolute Gasteiger partial charge is 0.397 e. The number of allylic oxidation sites excluding steroid dienone is 3. The topological polar surface area (TPSA) is 180 Å². The van der Waals surface area contributed by atoms with E-state index in [1.807, 2.05) is 86.6 Å². The lowest BCUT2D eigenvalue weighted by atomic mass is 10.0. The molecule has 2 amide bonds. The molecule has 398 valence electrons. The number of hydrogen-bond donors (Lipinski definition) is 7. The Morgan fingerprint density at radius 1 is 0.590 bits per heavy atom. The fraction of sp³-hybridized carbons (Fsp3) is 0.258. The van der Waals surface area contributed by atoms with Gasteiger partial charge in [-0.15, -0.1) is 4.57 Å². The SMILES string of the molecule is CC1=CC(=Nc2c([NH2+]c3ccccc3)ccc(C)c2N)CC=C1NCCCCCCNC(=O)c1ccc(-c2ccc(C(=O)NCCCCCCNc3cc4c(cc3C)nc3c(N)c(C)ccc3[n+]4-c3ccccc3)cc2)cc1. The summed E-state index contributed by atoms with van der Waals surface area (Å²) in [4.78, 5) is 36.1. The second-order valence-corrected chi connectivity index (χ2v) is 20.5. The number of nitrogen functional groups attached to an aromatic ring is 2. The van der Waals surface area contributed by atoms with Crippen LogP contribution in [0.25, 0.3) is 38.9 Å². The summed E-state index contributed by atoms with van der Waals surface area (Å²) in [5.41, 5.74) is 33.0. The Balaban J connectivity index is 0.640. The van der Waals surface area contributed by atoms with Crippen LogP contribution in [0.3, 0.4) is 0 Å². The molecule has 1 aliphatic rings. The lowest BCUT2D eigenvalue weighted by molar-refractivity contribution is -0.538. The molecule has 12 heteroatoms. The van der Waals surface area contributed by atoms with Gasteiger partial charge in [0, 0.05) is 91.2 Å². The number of anilines is 3. The van der Waals surface area contributed by atoms with Crippen molar-refractivity contribution in [2.45, 2.75) is 85.5 Å². The maximum absolute atomic E-state index is 13.0. The van der Waals surface area contributed by atoms with Crippen LogP contribution in [-0.4, -0.2) is 48.7 Å². The molecule has 1 aliphatic carbocycles. The van der Waals surface area contributed by atoms with Crippen LogP contribution in [0.5, 0.6) is 0 Å². The molecule has 0 aliphatic heterocycles. The van der Waals surface area contributed by atoms with Gasteiger partial charge in [0.05, 0.1) is 11.4 Å². The van der Waals surface area contributed by atoms with Crippen LogP contribution in [0.1, 0.15) is 102 Å². The lowest BCUT2D eigenvalue weighted by Crippen LogP contribution is -2.71. The Morgan fingerprint density at radius 2 is 1.15 bits per heavy atom.